The van der Waals surface area contributed by atoms with Gasteiger partial charge in [0.25, 0.3) is 0 Å². The van der Waals surface area contributed by atoms with Crippen molar-refractivity contribution in [1.29, 1.82) is 5.26 Å². The van der Waals surface area contributed by atoms with Gasteiger partial charge in [0, 0.05) is 7.11 Å². The van der Waals surface area contributed by atoms with E-state index in [1.165, 1.54) is 5.56 Å². The Morgan fingerprint density at radius 2 is 2.12 bits per heavy atom. The lowest BCUT2D eigenvalue weighted by Crippen LogP contribution is -2.05. The lowest BCUT2D eigenvalue weighted by atomic mass is 9.97. The summed E-state index contributed by atoms with van der Waals surface area (Å²) in [6.07, 6.45) is 1.06. The fraction of sp³-hybridized carbons (Fsp3) is 0.500. The molecule has 1 atom stereocenters. The molecule has 3 nitrogen and oxygen atoms in total. The maximum absolute atomic E-state index is 9.09. The predicted octanol–water partition coefficient (Wildman–Crippen LogP) is 3.10. The number of hydrogen-bond acceptors (Lipinski definition) is 3. The van der Waals surface area contributed by atoms with Crippen molar-refractivity contribution in [1.82, 2.24) is 0 Å². The van der Waals surface area contributed by atoms with Crippen LogP contribution >= 0.6 is 0 Å². The monoisotopic (exact) mass is 233 g/mol. The first-order chi connectivity index (χ1) is 8.22. The maximum atomic E-state index is 9.09. The molecule has 0 aliphatic heterocycles. The van der Waals surface area contributed by atoms with Gasteiger partial charge in [0.15, 0.2) is 0 Å². The molecule has 0 saturated heterocycles. The molecule has 1 rings (SSSR count). The van der Waals surface area contributed by atoms with Crippen molar-refractivity contribution in [2.24, 2.45) is 0 Å². The van der Waals surface area contributed by atoms with Gasteiger partial charge in [0.2, 0.25) is 0 Å². The summed E-state index contributed by atoms with van der Waals surface area (Å²) in [7, 11) is 1.63. The Morgan fingerprint density at radius 3 is 2.71 bits per heavy atom. The number of nitriles is 1. The lowest BCUT2D eigenvalue weighted by Gasteiger charge is -2.12. The average molecular weight is 233 g/mol. The van der Waals surface area contributed by atoms with E-state index in [9.17, 15) is 0 Å². The third kappa shape index (κ3) is 3.76. The van der Waals surface area contributed by atoms with Crippen molar-refractivity contribution in [3.05, 3.63) is 29.3 Å². The van der Waals surface area contributed by atoms with Gasteiger partial charge in [-0.1, -0.05) is 19.9 Å². The van der Waals surface area contributed by atoms with Crippen LogP contribution in [0.25, 0.3) is 0 Å². The van der Waals surface area contributed by atoms with Crippen LogP contribution in [0.4, 0.5) is 0 Å². The van der Waals surface area contributed by atoms with Crippen LogP contribution in [0, 0.1) is 11.3 Å². The van der Waals surface area contributed by atoms with Gasteiger partial charge in [0.1, 0.15) is 18.4 Å². The number of nitrogens with zero attached hydrogens (tertiary/aromatic N) is 1. The largest absolute Gasteiger partial charge is 0.490 e. The minimum absolute atomic E-state index is 0.466. The molecule has 0 aliphatic carbocycles. The van der Waals surface area contributed by atoms with Crippen molar-refractivity contribution >= 4 is 0 Å². The van der Waals surface area contributed by atoms with Crippen molar-refractivity contribution in [3.8, 4) is 11.8 Å². The van der Waals surface area contributed by atoms with E-state index < -0.39 is 0 Å². The van der Waals surface area contributed by atoms with Crippen molar-refractivity contribution in [2.45, 2.75) is 26.2 Å². The molecule has 0 aliphatic rings. The van der Waals surface area contributed by atoms with E-state index in [-0.39, 0.29) is 0 Å². The number of ether oxygens (including phenoxy) is 2. The van der Waals surface area contributed by atoms with Gasteiger partial charge in [-0.15, -0.1) is 0 Å². The zero-order chi connectivity index (χ0) is 12.7. The van der Waals surface area contributed by atoms with Crippen molar-refractivity contribution in [2.75, 3.05) is 20.3 Å². The van der Waals surface area contributed by atoms with E-state index in [1.807, 2.05) is 18.2 Å². The Labute approximate surface area is 103 Å². The van der Waals surface area contributed by atoms with Crippen molar-refractivity contribution in [3.63, 3.8) is 0 Å². The fourth-order valence-electron chi connectivity index (χ4n) is 1.54. The number of benzene rings is 1. The SMILES string of the molecule is CCC(C)c1ccc(OCCOC)c(C#N)c1. The first-order valence-corrected chi connectivity index (χ1v) is 5.88. The zero-order valence-electron chi connectivity index (χ0n) is 10.7. The molecule has 92 valence electrons. The quantitative estimate of drug-likeness (QED) is 0.709. The van der Waals surface area contributed by atoms with E-state index in [4.69, 9.17) is 14.7 Å². The highest BCUT2D eigenvalue weighted by Crippen LogP contribution is 2.25. The Kier molecular flexibility index (Phi) is 5.51. The molecule has 3 heteroatoms. The van der Waals surface area contributed by atoms with Gasteiger partial charge in [-0.05, 0) is 30.0 Å². The van der Waals surface area contributed by atoms with Crippen LogP contribution in [0.3, 0.4) is 0 Å². The second-order valence-electron chi connectivity index (χ2n) is 4.02. The topological polar surface area (TPSA) is 42.2 Å². The Bertz CT molecular complexity index is 396. The van der Waals surface area contributed by atoms with Crippen LogP contribution in [-0.2, 0) is 4.74 Å². The highest BCUT2D eigenvalue weighted by Gasteiger charge is 2.08. The van der Waals surface area contributed by atoms with Crippen LogP contribution in [0.15, 0.2) is 18.2 Å². The highest BCUT2D eigenvalue weighted by atomic mass is 16.5. The predicted molar refractivity (Wildman–Crippen MR) is 67.2 cm³/mol. The summed E-state index contributed by atoms with van der Waals surface area (Å²) < 4.78 is 10.4. The minimum atomic E-state index is 0.466. The Balaban J connectivity index is 2.83. The molecule has 0 amide bonds. The Morgan fingerprint density at radius 1 is 1.35 bits per heavy atom. The molecule has 1 aromatic carbocycles. The average Bonchev–Trinajstić information content (AvgIpc) is 2.38. The van der Waals surface area contributed by atoms with Gasteiger partial charge in [0.05, 0.1) is 12.2 Å². The summed E-state index contributed by atoms with van der Waals surface area (Å²) in [4.78, 5) is 0. The first-order valence-electron chi connectivity index (χ1n) is 5.88. The molecule has 0 fully saturated rings. The summed E-state index contributed by atoms with van der Waals surface area (Å²) >= 11 is 0. The van der Waals surface area contributed by atoms with Gasteiger partial charge in [-0.2, -0.15) is 5.26 Å². The van der Waals surface area contributed by atoms with Crippen LogP contribution in [-0.4, -0.2) is 20.3 Å². The number of hydrogen-bond donors (Lipinski definition) is 0. The van der Waals surface area contributed by atoms with Gasteiger partial charge in [-0.25, -0.2) is 0 Å². The van der Waals surface area contributed by atoms with Gasteiger partial charge >= 0.3 is 0 Å². The molecule has 0 bridgehead atoms. The molecular weight excluding hydrogens is 214 g/mol. The second kappa shape index (κ2) is 6.93. The van der Waals surface area contributed by atoms with Crippen LogP contribution in [0.2, 0.25) is 0 Å². The van der Waals surface area contributed by atoms with E-state index in [2.05, 4.69) is 19.9 Å². The van der Waals surface area contributed by atoms with Crippen LogP contribution in [0.5, 0.6) is 5.75 Å². The van der Waals surface area contributed by atoms with E-state index >= 15 is 0 Å². The second-order valence-corrected chi connectivity index (χ2v) is 4.02. The van der Waals surface area contributed by atoms with Gasteiger partial charge in [-0.3, -0.25) is 0 Å². The molecular formula is C14H19NO2. The normalized spacial score (nSPS) is 11.9. The van der Waals surface area contributed by atoms with Crippen LogP contribution in [0.1, 0.15) is 37.3 Å². The molecule has 1 aromatic rings. The lowest BCUT2D eigenvalue weighted by molar-refractivity contribution is 0.146. The summed E-state index contributed by atoms with van der Waals surface area (Å²) in [5, 5.41) is 9.09. The standard InChI is InChI=1S/C14H19NO2/c1-4-11(2)12-5-6-14(13(9-12)10-15)17-8-7-16-3/h5-6,9,11H,4,7-8H2,1-3H3. The number of methoxy groups -OCH3 is 1. The third-order valence-electron chi connectivity index (χ3n) is 2.85. The van der Waals surface area contributed by atoms with Crippen LogP contribution < -0.4 is 4.74 Å². The number of rotatable bonds is 6. The van der Waals surface area contributed by atoms with Gasteiger partial charge < -0.3 is 9.47 Å². The van der Waals surface area contributed by atoms with Crippen molar-refractivity contribution < 1.29 is 9.47 Å². The highest BCUT2D eigenvalue weighted by molar-refractivity contribution is 5.46. The molecule has 17 heavy (non-hydrogen) atoms. The van der Waals surface area contributed by atoms with E-state index in [0.717, 1.165) is 6.42 Å². The molecule has 1 unspecified atom stereocenters. The molecule has 0 N–H and O–H groups in total. The Hall–Kier alpha value is -1.53. The summed E-state index contributed by atoms with van der Waals surface area (Å²) in [6.45, 7) is 5.29. The van der Waals surface area contributed by atoms with E-state index in [1.54, 1.807) is 7.11 Å². The summed E-state index contributed by atoms with van der Waals surface area (Å²) in [5.74, 6) is 1.10. The minimum Gasteiger partial charge on any atom is -0.490 e. The molecule has 0 radical (unpaired) electrons. The molecule has 0 aromatic heterocycles. The molecule has 0 saturated carbocycles. The zero-order valence-corrected chi connectivity index (χ0v) is 10.7. The molecule has 0 heterocycles. The maximum Gasteiger partial charge on any atom is 0.137 e. The smallest absolute Gasteiger partial charge is 0.137 e. The first kappa shape index (κ1) is 13.5. The summed E-state index contributed by atoms with van der Waals surface area (Å²) in [6, 6.07) is 7.98. The third-order valence-corrected chi connectivity index (χ3v) is 2.85. The van der Waals surface area contributed by atoms with E-state index in [0.29, 0.717) is 30.4 Å². The summed E-state index contributed by atoms with van der Waals surface area (Å²) in [5.41, 5.74) is 1.78. The fourth-order valence-corrected chi connectivity index (χ4v) is 1.54. The molecule has 0 spiro atoms.